The molecule has 6 N–H and O–H groups in total. The summed E-state index contributed by atoms with van der Waals surface area (Å²) >= 11 is 7.78. The van der Waals surface area contributed by atoms with E-state index in [9.17, 15) is 51.2 Å². The first-order valence-corrected chi connectivity index (χ1v) is 50.8. The fraction of sp³-hybridized carbons (Fsp3) is 0.554. The van der Waals surface area contributed by atoms with E-state index in [1.165, 1.54) is 42.1 Å². The highest BCUT2D eigenvalue weighted by atomic mass is 32.2. The quantitative estimate of drug-likeness (QED) is 0.0122. The summed E-state index contributed by atoms with van der Waals surface area (Å²) in [6.45, 7) is 16.4. The maximum Gasteiger partial charge on any atom is 0.312 e. The van der Waals surface area contributed by atoms with Crippen LogP contribution in [0.2, 0.25) is 0 Å². The average Bonchev–Trinajstić information content (AvgIpc) is 0.746. The number of nitro benzene ring substituents is 1. The molecule has 0 aromatic heterocycles. The number of carbonyl (C=O) groups excluding carboxylic acids is 4. The van der Waals surface area contributed by atoms with Gasteiger partial charge in [-0.25, -0.2) is 22.0 Å². The first-order valence-electron chi connectivity index (χ1n) is 45.8. The Labute approximate surface area is 805 Å². The summed E-state index contributed by atoms with van der Waals surface area (Å²) < 4.78 is 118. The van der Waals surface area contributed by atoms with Crippen LogP contribution in [0.4, 0.5) is 39.0 Å². The summed E-state index contributed by atoms with van der Waals surface area (Å²) in [6.07, 6.45) is 12.6. The van der Waals surface area contributed by atoms with Crippen LogP contribution in [-0.2, 0) is 80.0 Å². The Hall–Kier alpha value is -8.25. The van der Waals surface area contributed by atoms with Crippen LogP contribution in [0.5, 0.6) is 0 Å². The second kappa shape index (κ2) is 45.1. The topological polar surface area (TPSA) is 325 Å². The van der Waals surface area contributed by atoms with E-state index in [0.717, 1.165) is 104 Å². The minimum Gasteiger partial charge on any atom is -0.460 e. The number of thioether (sulfide) groups is 5. The fourth-order valence-electron chi connectivity index (χ4n) is 20.3. The standard InChI is InChI=1S/C23H24FNO2S.C21H27FN2O5S.2C21H29FN2O3S.C15H19FN2OS/c1-27-18-11-12-23(19-9-5-6-10-20(19)24)17(13-18)15-28-22(25-23)14-21(26)16-7-3-2-4-8-16;1-20(2,3)29-19(25)11-18-23-21(8-7-15(28-4)9-13(21)12-30-18)16-10-14(24(26)27)5-6-17(16)22;2*1-20(2,3)27-19(25)11-18-24-21(16-10-14(23)5-6-17(16)22)8-7-15(26-4)9-13(21)12-28-18;1-19-11-6-7-15(12-4-2-3-5-13(12)16)10(8-11)9-20-14(17)18-15/h2-10,17-18H,11-15H2,1H3;5-6,10,13,15H,7-9,11-12H2,1-4H3;2*5-6,10,13,15H,7-9,11-12,23H2,1-4H3;2-5,10-11H,6-9H2,1H3,(H2,17,18)/t17-,18-,23?;2*13-,15-,21?;13-,15-,21-;10-,11-,15?/m00000/s1. The molecule has 33 heteroatoms. The first-order chi connectivity index (χ1) is 63.6. The van der Waals surface area contributed by atoms with Crippen LogP contribution in [0.25, 0.3) is 0 Å². The number of carbonyl (C=O) groups is 4. The number of non-ortho nitro benzene ring substituents is 1. The lowest BCUT2D eigenvalue weighted by Gasteiger charge is -2.46. The van der Waals surface area contributed by atoms with Gasteiger partial charge >= 0.3 is 17.9 Å². The van der Waals surface area contributed by atoms with Crippen molar-refractivity contribution in [2.75, 3.05) is 75.8 Å². The second-order valence-electron chi connectivity index (χ2n) is 38.9. The zero-order valence-electron chi connectivity index (χ0n) is 79.0. The van der Waals surface area contributed by atoms with Crippen molar-refractivity contribution in [3.8, 4) is 0 Å². The van der Waals surface area contributed by atoms with Crippen molar-refractivity contribution in [1.82, 2.24) is 0 Å². The normalized spacial score (nSPS) is 28.1. The molecular weight excluding hydrogens is 1820 g/mol. The average molecular weight is 1950 g/mol. The smallest absolute Gasteiger partial charge is 0.312 e. The van der Waals surface area contributed by atoms with E-state index >= 15 is 0 Å². The van der Waals surface area contributed by atoms with Gasteiger partial charge in [0.15, 0.2) is 11.0 Å². The molecule has 726 valence electrons. The molecule has 0 saturated heterocycles. The van der Waals surface area contributed by atoms with Crippen molar-refractivity contribution in [1.29, 1.82) is 0 Å². The molecule has 5 heterocycles. The van der Waals surface area contributed by atoms with Gasteiger partial charge in [0.25, 0.3) is 5.69 Å². The Bertz CT molecular complexity index is 5200. The van der Waals surface area contributed by atoms with E-state index < -0.39 is 61.2 Å². The maximum absolute atomic E-state index is 15.0. The summed E-state index contributed by atoms with van der Waals surface area (Å²) in [7, 11) is 8.56. The van der Waals surface area contributed by atoms with Gasteiger partial charge in [-0.2, -0.15) is 0 Å². The van der Waals surface area contributed by atoms with Crippen LogP contribution >= 0.6 is 58.8 Å². The lowest BCUT2D eigenvalue weighted by Crippen LogP contribution is -2.46. The Morgan fingerprint density at radius 1 is 0.373 bits per heavy atom. The van der Waals surface area contributed by atoms with Crippen molar-refractivity contribution in [2.24, 2.45) is 60.3 Å². The van der Waals surface area contributed by atoms with Gasteiger partial charge in [-0.1, -0.05) is 78.5 Å². The van der Waals surface area contributed by atoms with Gasteiger partial charge in [0.1, 0.15) is 45.9 Å². The third kappa shape index (κ3) is 25.6. The number of hydrogen-bond acceptors (Lipinski definition) is 27. The maximum atomic E-state index is 15.0. The molecule has 0 spiro atoms. The van der Waals surface area contributed by atoms with Gasteiger partial charge in [-0.05, 0) is 213 Å². The molecule has 5 aliphatic heterocycles. The summed E-state index contributed by atoms with van der Waals surface area (Å²) in [5.41, 5.74) is 16.8. The molecule has 0 radical (unpaired) electrons. The van der Waals surface area contributed by atoms with Crippen LogP contribution in [0.1, 0.15) is 222 Å². The minimum absolute atomic E-state index is 0.000654. The van der Waals surface area contributed by atoms with E-state index in [0.29, 0.717) is 97.3 Å². The number of nitrogens with zero attached hydrogens (tertiary/aromatic N) is 6. The molecule has 15 atom stereocenters. The number of rotatable bonds is 20. The molecule has 134 heavy (non-hydrogen) atoms. The summed E-state index contributed by atoms with van der Waals surface area (Å²) in [6, 6.07) is 36.1. The fourth-order valence-corrected chi connectivity index (χ4v) is 26.3. The predicted molar refractivity (Wildman–Crippen MR) is 527 cm³/mol. The molecular formula is C101H128F5N9O14S5. The highest BCUT2D eigenvalue weighted by Gasteiger charge is 2.55. The molecule has 10 aliphatic rings. The lowest BCUT2D eigenvalue weighted by atomic mass is 9.68. The number of benzene rings is 6. The number of nitrogens with two attached hydrogens (primary N) is 3. The third-order valence-electron chi connectivity index (χ3n) is 26.6. The van der Waals surface area contributed by atoms with Gasteiger partial charge in [0, 0.05) is 151 Å². The van der Waals surface area contributed by atoms with E-state index in [-0.39, 0.29) is 138 Å². The number of nitrogen functional groups attached to an aromatic ring is 2. The van der Waals surface area contributed by atoms with Gasteiger partial charge < -0.3 is 55.1 Å². The number of Topliss-reactive ketones (excluding diaryl/α,β-unsaturated/α-hetero) is 1. The van der Waals surface area contributed by atoms with Gasteiger partial charge in [0.05, 0.1) is 109 Å². The largest absolute Gasteiger partial charge is 0.460 e. The molecule has 0 bridgehead atoms. The van der Waals surface area contributed by atoms with E-state index in [1.807, 2.05) is 96.1 Å². The number of esters is 3. The van der Waals surface area contributed by atoms with Crippen LogP contribution in [-0.4, -0.2) is 166 Å². The van der Waals surface area contributed by atoms with Crippen molar-refractivity contribution < 1.29 is 83.9 Å². The highest BCUT2D eigenvalue weighted by molar-refractivity contribution is 8.15. The zero-order chi connectivity index (χ0) is 96.9. The third-order valence-corrected chi connectivity index (χ3v) is 32.1. The number of nitro groups is 1. The highest BCUT2D eigenvalue weighted by Crippen LogP contribution is 2.57. The summed E-state index contributed by atoms with van der Waals surface area (Å²) in [5.74, 6) is 2.02. The SMILES string of the molecule is CO[C@H]1CCC2(c3cc(N)ccc3F)N=C(CC(=O)OC(C)(C)C)SC[C@@H]2C1.CO[C@H]1CCC2(c3cc([N+](=O)[O-])ccc3F)N=C(CC(=O)OC(C)(C)C)SC[C@@H]2C1.CO[C@H]1CCC2(c3ccccc3F)N=C(CC(=O)c3ccccc3)SC[C@@H]2C1.CO[C@H]1CCC2(c3ccccc3F)N=C(N)SC[C@@H]2C1.CO[C@H]1CC[C@]2(c3cc(N)ccc3F)N=C(CC(=O)OC(C)(C)C)SC[C@@H]2C1. The molecule has 5 saturated carbocycles. The van der Waals surface area contributed by atoms with Crippen molar-refractivity contribution >= 4 is 125 Å². The number of hydrogen-bond donors (Lipinski definition) is 3. The molecule has 0 amide bonds. The molecule has 23 nitrogen and oxygen atoms in total. The molecule has 6 aromatic rings. The second-order valence-corrected chi connectivity index (χ2v) is 44.3. The van der Waals surface area contributed by atoms with Crippen molar-refractivity contribution in [3.63, 3.8) is 0 Å². The van der Waals surface area contributed by atoms with E-state index in [2.05, 4.69) is 0 Å². The van der Waals surface area contributed by atoms with Gasteiger partial charge in [-0.15, -0.1) is 47.0 Å². The number of ether oxygens (including phenoxy) is 8. The number of halogens is 5. The van der Waals surface area contributed by atoms with Gasteiger partial charge in [-0.3, -0.25) is 54.3 Å². The van der Waals surface area contributed by atoms with Crippen LogP contribution < -0.4 is 17.2 Å². The first kappa shape index (κ1) is 105. The Morgan fingerprint density at radius 3 is 0.963 bits per heavy atom. The lowest BCUT2D eigenvalue weighted by molar-refractivity contribution is -0.385. The minimum atomic E-state index is -0.951. The van der Waals surface area contributed by atoms with Gasteiger partial charge in [0.2, 0.25) is 0 Å². The molecule has 16 rings (SSSR count). The number of ketones is 1. The molecule has 5 fully saturated rings. The van der Waals surface area contributed by atoms with Crippen LogP contribution in [0.3, 0.4) is 0 Å². The van der Waals surface area contributed by atoms with Crippen molar-refractivity contribution in [2.45, 2.75) is 259 Å². The van der Waals surface area contributed by atoms with E-state index in [4.69, 9.17) is 80.1 Å². The number of methoxy groups -OCH3 is 5. The summed E-state index contributed by atoms with van der Waals surface area (Å²) in [5, 5.41) is 14.7. The predicted octanol–water partition coefficient (Wildman–Crippen LogP) is 21.4. The summed E-state index contributed by atoms with van der Waals surface area (Å²) in [4.78, 5) is 85.0. The monoisotopic (exact) mass is 1950 g/mol. The number of amidine groups is 1. The molecule has 4 unspecified atom stereocenters. The number of anilines is 2. The Balaban J connectivity index is 0.000000152. The molecule has 6 aromatic carbocycles. The van der Waals surface area contributed by atoms with Crippen LogP contribution in [0, 0.1) is 68.8 Å². The van der Waals surface area contributed by atoms with E-state index in [1.54, 1.807) is 140 Å². The number of aliphatic imine (C=N–C) groups is 5. The number of fused-ring (bicyclic) bond motifs is 5. The zero-order valence-corrected chi connectivity index (χ0v) is 83.1. The van der Waals surface area contributed by atoms with Crippen LogP contribution in [0.15, 0.2) is 158 Å². The van der Waals surface area contributed by atoms with Crippen molar-refractivity contribution in [3.05, 3.63) is 206 Å². The Kier molecular flexibility index (Phi) is 35.2. The Morgan fingerprint density at radius 2 is 0.649 bits per heavy atom. The molecule has 5 aliphatic carbocycles.